The van der Waals surface area contributed by atoms with Gasteiger partial charge in [0.2, 0.25) is 0 Å². The third-order valence-corrected chi connectivity index (χ3v) is 3.43. The Balaban J connectivity index is 1.91. The predicted octanol–water partition coefficient (Wildman–Crippen LogP) is 2.26. The van der Waals surface area contributed by atoms with Crippen LogP contribution in [-0.4, -0.2) is 31.1 Å². The molecule has 0 amide bonds. The molecular formula is C15H24N2O. The molecule has 3 heteroatoms. The molecule has 18 heavy (non-hydrogen) atoms. The highest BCUT2D eigenvalue weighted by atomic mass is 16.5. The van der Waals surface area contributed by atoms with Crippen molar-refractivity contribution in [2.45, 2.75) is 26.3 Å². The van der Waals surface area contributed by atoms with Gasteiger partial charge in [-0.05, 0) is 43.0 Å². The molecule has 0 radical (unpaired) electrons. The summed E-state index contributed by atoms with van der Waals surface area (Å²) in [7, 11) is 0. The fraction of sp³-hybridized carbons (Fsp3) is 0.600. The number of nitrogens with two attached hydrogens (primary N) is 1. The summed E-state index contributed by atoms with van der Waals surface area (Å²) in [4.78, 5) is 2.54. The van der Waals surface area contributed by atoms with Crippen molar-refractivity contribution < 1.29 is 4.74 Å². The van der Waals surface area contributed by atoms with E-state index in [1.54, 1.807) is 0 Å². The average molecular weight is 248 g/mol. The summed E-state index contributed by atoms with van der Waals surface area (Å²) >= 11 is 0. The summed E-state index contributed by atoms with van der Waals surface area (Å²) in [5.41, 5.74) is 6.78. The van der Waals surface area contributed by atoms with Crippen LogP contribution in [0.2, 0.25) is 0 Å². The van der Waals surface area contributed by atoms with E-state index < -0.39 is 0 Å². The van der Waals surface area contributed by atoms with Crippen LogP contribution in [0.1, 0.15) is 25.3 Å². The summed E-state index contributed by atoms with van der Waals surface area (Å²) < 4.78 is 5.56. The van der Waals surface area contributed by atoms with Crippen LogP contribution in [0.25, 0.3) is 0 Å². The minimum absolute atomic E-state index is 0.563. The molecule has 100 valence electrons. The Morgan fingerprint density at radius 3 is 3.11 bits per heavy atom. The van der Waals surface area contributed by atoms with Gasteiger partial charge in [0, 0.05) is 19.6 Å². The Bertz CT molecular complexity index is 367. The Morgan fingerprint density at radius 1 is 1.44 bits per heavy atom. The third kappa shape index (κ3) is 4.00. The van der Waals surface area contributed by atoms with Gasteiger partial charge in [0.1, 0.15) is 12.4 Å². The maximum Gasteiger partial charge on any atom is 0.119 e. The predicted molar refractivity (Wildman–Crippen MR) is 74.7 cm³/mol. The first-order valence-corrected chi connectivity index (χ1v) is 6.92. The van der Waals surface area contributed by atoms with Gasteiger partial charge in [0.25, 0.3) is 0 Å². The van der Waals surface area contributed by atoms with E-state index in [-0.39, 0.29) is 0 Å². The standard InChI is InChI=1S/C15H24N2O/c1-13-4-3-8-17(11-13)12-14-5-2-6-15(10-14)18-9-7-16/h2,5-6,10,13H,3-4,7-9,11-12,16H2,1H3/t13-/m0/s1. The smallest absolute Gasteiger partial charge is 0.119 e. The topological polar surface area (TPSA) is 38.5 Å². The Labute approximate surface area is 110 Å². The van der Waals surface area contributed by atoms with Crippen molar-refractivity contribution in [1.82, 2.24) is 4.90 Å². The first-order valence-electron chi connectivity index (χ1n) is 6.92. The lowest BCUT2D eigenvalue weighted by molar-refractivity contribution is 0.176. The van der Waals surface area contributed by atoms with Crippen LogP contribution < -0.4 is 10.5 Å². The minimum atomic E-state index is 0.563. The average Bonchev–Trinajstić information content (AvgIpc) is 2.37. The fourth-order valence-corrected chi connectivity index (χ4v) is 2.60. The maximum atomic E-state index is 5.56. The molecule has 0 aliphatic carbocycles. The van der Waals surface area contributed by atoms with Crippen molar-refractivity contribution in [1.29, 1.82) is 0 Å². The molecule has 1 aliphatic heterocycles. The van der Waals surface area contributed by atoms with Crippen molar-refractivity contribution in [3.05, 3.63) is 29.8 Å². The summed E-state index contributed by atoms with van der Waals surface area (Å²) in [6.07, 6.45) is 2.70. The lowest BCUT2D eigenvalue weighted by Crippen LogP contribution is -2.33. The zero-order valence-electron chi connectivity index (χ0n) is 11.3. The highest BCUT2D eigenvalue weighted by molar-refractivity contribution is 5.28. The zero-order valence-corrected chi connectivity index (χ0v) is 11.3. The summed E-state index contributed by atoms with van der Waals surface area (Å²) in [5.74, 6) is 1.76. The lowest BCUT2D eigenvalue weighted by atomic mass is 10.00. The molecule has 0 spiro atoms. The SMILES string of the molecule is C[C@H]1CCCN(Cc2cccc(OCCN)c2)C1. The molecule has 2 rings (SSSR count). The van der Waals surface area contributed by atoms with E-state index in [1.807, 2.05) is 6.07 Å². The number of rotatable bonds is 5. The highest BCUT2D eigenvalue weighted by Crippen LogP contribution is 2.20. The molecule has 0 bridgehead atoms. The quantitative estimate of drug-likeness (QED) is 0.868. The molecule has 1 aromatic rings. The number of likely N-dealkylation sites (tertiary alicyclic amines) is 1. The van der Waals surface area contributed by atoms with Crippen molar-refractivity contribution in [2.75, 3.05) is 26.2 Å². The number of ether oxygens (including phenoxy) is 1. The van der Waals surface area contributed by atoms with Gasteiger partial charge < -0.3 is 10.5 Å². The van der Waals surface area contributed by atoms with Crippen LogP contribution >= 0.6 is 0 Å². The molecule has 1 heterocycles. The number of piperidine rings is 1. The number of nitrogens with zero attached hydrogens (tertiary/aromatic N) is 1. The van der Waals surface area contributed by atoms with E-state index in [1.165, 1.54) is 31.5 Å². The van der Waals surface area contributed by atoms with Crippen LogP contribution in [0.15, 0.2) is 24.3 Å². The highest BCUT2D eigenvalue weighted by Gasteiger charge is 2.16. The maximum absolute atomic E-state index is 5.56. The van der Waals surface area contributed by atoms with Crippen LogP contribution in [-0.2, 0) is 6.54 Å². The normalized spacial score (nSPS) is 20.9. The van der Waals surface area contributed by atoms with Crippen molar-refractivity contribution in [2.24, 2.45) is 11.7 Å². The van der Waals surface area contributed by atoms with Gasteiger partial charge in [0.05, 0.1) is 0 Å². The molecule has 0 aromatic heterocycles. The summed E-state index contributed by atoms with van der Waals surface area (Å²) in [6.45, 7) is 6.96. The van der Waals surface area contributed by atoms with Crippen molar-refractivity contribution in [3.63, 3.8) is 0 Å². The minimum Gasteiger partial charge on any atom is -0.492 e. The summed E-state index contributed by atoms with van der Waals surface area (Å²) in [6, 6.07) is 8.37. The molecule has 1 atom stereocenters. The first kappa shape index (κ1) is 13.4. The van der Waals surface area contributed by atoms with Crippen LogP contribution in [0.3, 0.4) is 0 Å². The molecule has 2 N–H and O–H groups in total. The molecule has 3 nitrogen and oxygen atoms in total. The monoisotopic (exact) mass is 248 g/mol. The Hall–Kier alpha value is -1.06. The first-order chi connectivity index (χ1) is 8.78. The fourth-order valence-electron chi connectivity index (χ4n) is 2.60. The molecule has 1 fully saturated rings. The second kappa shape index (κ2) is 6.76. The van der Waals surface area contributed by atoms with Gasteiger partial charge in [-0.3, -0.25) is 4.90 Å². The molecular weight excluding hydrogens is 224 g/mol. The van der Waals surface area contributed by atoms with Crippen LogP contribution in [0, 0.1) is 5.92 Å². The van der Waals surface area contributed by atoms with Gasteiger partial charge in [-0.1, -0.05) is 19.1 Å². The van der Waals surface area contributed by atoms with Crippen LogP contribution in [0.5, 0.6) is 5.75 Å². The molecule has 1 aliphatic rings. The van der Waals surface area contributed by atoms with E-state index in [2.05, 4.69) is 30.0 Å². The van der Waals surface area contributed by atoms with E-state index in [0.29, 0.717) is 13.2 Å². The second-order valence-electron chi connectivity index (χ2n) is 5.27. The molecule has 0 saturated carbocycles. The van der Waals surface area contributed by atoms with Gasteiger partial charge in [-0.2, -0.15) is 0 Å². The molecule has 0 unspecified atom stereocenters. The van der Waals surface area contributed by atoms with Gasteiger partial charge in [0.15, 0.2) is 0 Å². The Kier molecular flexibility index (Phi) is 5.02. The van der Waals surface area contributed by atoms with E-state index >= 15 is 0 Å². The van der Waals surface area contributed by atoms with E-state index in [0.717, 1.165) is 18.2 Å². The van der Waals surface area contributed by atoms with Crippen molar-refractivity contribution >= 4 is 0 Å². The molecule has 1 aromatic carbocycles. The lowest BCUT2D eigenvalue weighted by Gasteiger charge is -2.30. The zero-order chi connectivity index (χ0) is 12.8. The van der Waals surface area contributed by atoms with Gasteiger partial charge >= 0.3 is 0 Å². The Morgan fingerprint density at radius 2 is 2.33 bits per heavy atom. The van der Waals surface area contributed by atoms with E-state index in [9.17, 15) is 0 Å². The molecule has 1 saturated heterocycles. The largest absolute Gasteiger partial charge is 0.492 e. The number of hydrogen-bond donors (Lipinski definition) is 1. The third-order valence-electron chi connectivity index (χ3n) is 3.43. The number of hydrogen-bond acceptors (Lipinski definition) is 3. The number of benzene rings is 1. The second-order valence-corrected chi connectivity index (χ2v) is 5.27. The van der Waals surface area contributed by atoms with Gasteiger partial charge in [-0.25, -0.2) is 0 Å². The van der Waals surface area contributed by atoms with Gasteiger partial charge in [-0.15, -0.1) is 0 Å². The summed E-state index contributed by atoms with van der Waals surface area (Å²) in [5, 5.41) is 0. The van der Waals surface area contributed by atoms with Crippen LogP contribution in [0.4, 0.5) is 0 Å². The van der Waals surface area contributed by atoms with Crippen molar-refractivity contribution in [3.8, 4) is 5.75 Å². The van der Waals surface area contributed by atoms with E-state index in [4.69, 9.17) is 10.5 Å².